The second-order valence-electron chi connectivity index (χ2n) is 6.61. The second-order valence-corrected chi connectivity index (χ2v) is 8.53. The summed E-state index contributed by atoms with van der Waals surface area (Å²) in [6.45, 7) is 1.08. The molecule has 1 saturated heterocycles. The molecule has 0 saturated carbocycles. The molecule has 8 heteroatoms. The van der Waals surface area contributed by atoms with Crippen LogP contribution < -0.4 is 4.72 Å². The third-order valence-electron chi connectivity index (χ3n) is 4.60. The van der Waals surface area contributed by atoms with Crippen molar-refractivity contribution in [2.45, 2.75) is 18.9 Å². The van der Waals surface area contributed by atoms with Gasteiger partial charge in [-0.25, -0.2) is 0 Å². The van der Waals surface area contributed by atoms with Crippen molar-refractivity contribution in [1.29, 1.82) is 0 Å². The lowest BCUT2D eigenvalue weighted by Gasteiger charge is -2.32. The number of carbonyl (C=O) groups excluding carboxylic acids is 1. The van der Waals surface area contributed by atoms with Crippen LogP contribution in [-0.4, -0.2) is 61.3 Å². The first kappa shape index (κ1) is 18.6. The number of nitrogens with zero attached hydrogens (tertiary/aromatic N) is 3. The van der Waals surface area contributed by atoms with Crippen molar-refractivity contribution in [3.05, 3.63) is 54.4 Å². The Morgan fingerprint density at radius 1 is 1.08 bits per heavy atom. The lowest BCUT2D eigenvalue weighted by Crippen LogP contribution is -2.49. The van der Waals surface area contributed by atoms with E-state index in [1.165, 1.54) is 14.1 Å². The van der Waals surface area contributed by atoms with E-state index in [0.29, 0.717) is 31.5 Å². The molecular weight excluding hydrogens is 352 g/mol. The van der Waals surface area contributed by atoms with Crippen molar-refractivity contribution in [2.75, 3.05) is 27.2 Å². The van der Waals surface area contributed by atoms with Gasteiger partial charge < -0.3 is 9.47 Å². The molecule has 2 heterocycles. The Balaban J connectivity index is 1.58. The van der Waals surface area contributed by atoms with Crippen LogP contribution in [0.1, 0.15) is 23.2 Å². The predicted octanol–water partition coefficient (Wildman–Crippen LogP) is 1.48. The summed E-state index contributed by atoms with van der Waals surface area (Å²) in [5.74, 6) is -0.0158. The molecule has 0 atom stereocenters. The number of piperidine rings is 1. The van der Waals surface area contributed by atoms with Crippen molar-refractivity contribution < 1.29 is 13.2 Å². The normalized spacial score (nSPS) is 16.2. The van der Waals surface area contributed by atoms with Gasteiger partial charge in [-0.1, -0.05) is 0 Å². The maximum absolute atomic E-state index is 12.7. The standard InChI is InChI=1S/C18H24N4O3S/c1-20(2)26(24,25)19-16-9-13-22(14-10-16)18(23)15-5-7-17(8-6-15)21-11-3-4-12-21/h3-8,11-12,16,19H,9-10,13-14H2,1-2H3. The molecular formula is C18H24N4O3S. The first-order valence-corrected chi connectivity index (χ1v) is 10.0. The monoisotopic (exact) mass is 376 g/mol. The maximum atomic E-state index is 12.7. The van der Waals surface area contributed by atoms with E-state index in [4.69, 9.17) is 0 Å². The number of rotatable bonds is 5. The van der Waals surface area contributed by atoms with E-state index >= 15 is 0 Å². The summed E-state index contributed by atoms with van der Waals surface area (Å²) in [5.41, 5.74) is 1.65. The van der Waals surface area contributed by atoms with Gasteiger partial charge in [0.05, 0.1) is 0 Å². The van der Waals surface area contributed by atoms with Crippen LogP contribution in [0.3, 0.4) is 0 Å². The highest BCUT2D eigenvalue weighted by Gasteiger charge is 2.27. The lowest BCUT2D eigenvalue weighted by molar-refractivity contribution is 0.0711. The number of benzene rings is 1. The van der Waals surface area contributed by atoms with Crippen molar-refractivity contribution in [3.8, 4) is 5.69 Å². The van der Waals surface area contributed by atoms with Gasteiger partial charge in [-0.2, -0.15) is 17.4 Å². The molecule has 2 aromatic rings. The van der Waals surface area contributed by atoms with Crippen molar-refractivity contribution in [1.82, 2.24) is 18.5 Å². The summed E-state index contributed by atoms with van der Waals surface area (Å²) < 4.78 is 29.6. The molecule has 140 valence electrons. The summed E-state index contributed by atoms with van der Waals surface area (Å²) in [5, 5.41) is 0. The molecule has 0 radical (unpaired) electrons. The quantitative estimate of drug-likeness (QED) is 0.859. The van der Waals surface area contributed by atoms with Crippen LogP contribution in [0, 0.1) is 0 Å². The molecule has 1 N–H and O–H groups in total. The number of amides is 1. The van der Waals surface area contributed by atoms with E-state index in [1.54, 1.807) is 4.90 Å². The molecule has 0 bridgehead atoms. The van der Waals surface area contributed by atoms with Gasteiger partial charge in [0.1, 0.15) is 0 Å². The summed E-state index contributed by atoms with van der Waals surface area (Å²) in [7, 11) is -0.440. The van der Waals surface area contributed by atoms with Crippen LogP contribution in [-0.2, 0) is 10.2 Å². The number of hydrogen-bond acceptors (Lipinski definition) is 3. The Kier molecular flexibility index (Phi) is 5.45. The zero-order valence-corrected chi connectivity index (χ0v) is 15.8. The Hall–Kier alpha value is -2.16. The predicted molar refractivity (Wildman–Crippen MR) is 100 cm³/mol. The molecule has 1 aromatic carbocycles. The van der Waals surface area contributed by atoms with Gasteiger partial charge in [0.2, 0.25) is 0 Å². The summed E-state index contributed by atoms with van der Waals surface area (Å²) in [4.78, 5) is 14.5. The highest BCUT2D eigenvalue weighted by molar-refractivity contribution is 7.87. The van der Waals surface area contributed by atoms with Gasteiger partial charge >= 0.3 is 0 Å². The van der Waals surface area contributed by atoms with Gasteiger partial charge in [0, 0.05) is 56.9 Å². The van der Waals surface area contributed by atoms with Gasteiger partial charge in [-0.3, -0.25) is 4.79 Å². The molecule has 0 unspecified atom stereocenters. The van der Waals surface area contributed by atoms with Crippen LogP contribution >= 0.6 is 0 Å². The summed E-state index contributed by atoms with van der Waals surface area (Å²) in [6.07, 6.45) is 5.13. The van der Waals surface area contributed by atoms with E-state index in [1.807, 2.05) is 53.4 Å². The largest absolute Gasteiger partial charge is 0.339 e. The number of likely N-dealkylation sites (tertiary alicyclic amines) is 1. The van der Waals surface area contributed by atoms with Crippen LogP contribution in [0.2, 0.25) is 0 Å². The van der Waals surface area contributed by atoms with Gasteiger partial charge in [0.25, 0.3) is 16.1 Å². The second kappa shape index (κ2) is 7.61. The van der Waals surface area contributed by atoms with Crippen LogP contribution in [0.5, 0.6) is 0 Å². The van der Waals surface area contributed by atoms with Crippen LogP contribution in [0.15, 0.2) is 48.8 Å². The van der Waals surface area contributed by atoms with E-state index in [2.05, 4.69) is 4.72 Å². The lowest BCUT2D eigenvalue weighted by atomic mass is 10.0. The maximum Gasteiger partial charge on any atom is 0.279 e. The smallest absolute Gasteiger partial charge is 0.279 e. The number of aromatic nitrogens is 1. The van der Waals surface area contributed by atoms with Crippen LogP contribution in [0.25, 0.3) is 5.69 Å². The molecule has 7 nitrogen and oxygen atoms in total. The minimum atomic E-state index is -3.44. The summed E-state index contributed by atoms with van der Waals surface area (Å²) >= 11 is 0. The Labute approximate surface area is 154 Å². The topological polar surface area (TPSA) is 74.7 Å². The van der Waals surface area contributed by atoms with Gasteiger partial charge in [0.15, 0.2) is 0 Å². The Morgan fingerprint density at radius 2 is 1.65 bits per heavy atom. The Bertz CT molecular complexity index is 837. The fourth-order valence-corrected chi connectivity index (χ4v) is 3.85. The average Bonchev–Trinajstić information content (AvgIpc) is 3.16. The molecule has 1 aliphatic rings. The molecule has 1 aliphatic heterocycles. The van der Waals surface area contributed by atoms with E-state index in [9.17, 15) is 13.2 Å². The third-order valence-corrected chi connectivity index (χ3v) is 6.19. The fraction of sp³-hybridized carbons (Fsp3) is 0.389. The van der Waals surface area contributed by atoms with E-state index < -0.39 is 10.2 Å². The zero-order chi connectivity index (χ0) is 18.7. The number of carbonyl (C=O) groups is 1. The van der Waals surface area contributed by atoms with Crippen LogP contribution in [0.4, 0.5) is 0 Å². The highest BCUT2D eigenvalue weighted by Crippen LogP contribution is 2.17. The molecule has 1 aromatic heterocycles. The van der Waals surface area contributed by atoms with Gasteiger partial charge in [-0.15, -0.1) is 0 Å². The third kappa shape index (κ3) is 4.14. The van der Waals surface area contributed by atoms with Crippen molar-refractivity contribution in [2.24, 2.45) is 0 Å². The first-order chi connectivity index (χ1) is 12.4. The molecule has 0 spiro atoms. The average molecular weight is 376 g/mol. The molecule has 0 aliphatic carbocycles. The molecule has 3 rings (SSSR count). The number of nitrogens with one attached hydrogen (secondary N) is 1. The van der Waals surface area contributed by atoms with Crippen molar-refractivity contribution in [3.63, 3.8) is 0 Å². The number of hydrogen-bond donors (Lipinski definition) is 1. The van der Waals surface area contributed by atoms with Gasteiger partial charge in [-0.05, 0) is 49.2 Å². The minimum absolute atomic E-state index is 0.0158. The van der Waals surface area contributed by atoms with E-state index in [-0.39, 0.29) is 11.9 Å². The fourth-order valence-electron chi connectivity index (χ4n) is 2.98. The Morgan fingerprint density at radius 3 is 2.19 bits per heavy atom. The molecule has 26 heavy (non-hydrogen) atoms. The highest BCUT2D eigenvalue weighted by atomic mass is 32.2. The molecule has 1 fully saturated rings. The first-order valence-electron chi connectivity index (χ1n) is 8.59. The van der Waals surface area contributed by atoms with E-state index in [0.717, 1.165) is 9.99 Å². The van der Waals surface area contributed by atoms with Crippen molar-refractivity contribution >= 4 is 16.1 Å². The zero-order valence-electron chi connectivity index (χ0n) is 15.0. The molecule has 1 amide bonds. The SMILES string of the molecule is CN(C)S(=O)(=O)NC1CCN(C(=O)c2ccc(-n3cccc3)cc2)CC1. The minimum Gasteiger partial charge on any atom is -0.339 e. The summed E-state index contributed by atoms with van der Waals surface area (Å²) in [6, 6.07) is 11.3.